The van der Waals surface area contributed by atoms with Gasteiger partial charge in [-0.05, 0) is 36.1 Å². The summed E-state index contributed by atoms with van der Waals surface area (Å²) in [6.45, 7) is 0.609. The average molecular weight is 332 g/mol. The van der Waals surface area contributed by atoms with Crippen molar-refractivity contribution in [1.82, 2.24) is 0 Å². The lowest BCUT2D eigenvalue weighted by atomic mass is 10.1. The van der Waals surface area contributed by atoms with Crippen molar-refractivity contribution in [2.75, 3.05) is 12.4 Å². The zero-order valence-electron chi connectivity index (χ0n) is 11.5. The van der Waals surface area contributed by atoms with E-state index in [0.717, 1.165) is 23.0 Å². The van der Waals surface area contributed by atoms with Crippen molar-refractivity contribution in [1.29, 1.82) is 0 Å². The summed E-state index contributed by atoms with van der Waals surface area (Å²) in [7, 11) is 1.73. The number of fused-ring (bicyclic) bond motifs is 1. The number of hydrogen-bond donors (Lipinski definition) is 1. The Kier molecular flexibility index (Phi) is 4.08. The van der Waals surface area contributed by atoms with Crippen molar-refractivity contribution in [2.45, 2.75) is 25.5 Å². The highest BCUT2D eigenvalue weighted by molar-refractivity contribution is 9.10. The van der Waals surface area contributed by atoms with Crippen LogP contribution < -0.4 is 5.32 Å². The number of ether oxygens (including phenoxy) is 1. The van der Waals surface area contributed by atoms with Crippen LogP contribution in [0.3, 0.4) is 0 Å². The summed E-state index contributed by atoms with van der Waals surface area (Å²) >= 11 is 3.61. The number of anilines is 1. The zero-order chi connectivity index (χ0) is 13.9. The minimum absolute atomic E-state index is 0.399. The van der Waals surface area contributed by atoms with Crippen LogP contribution in [0, 0.1) is 0 Å². The highest BCUT2D eigenvalue weighted by Gasteiger charge is 2.22. The fourth-order valence-electron chi connectivity index (χ4n) is 2.88. The summed E-state index contributed by atoms with van der Waals surface area (Å²) in [5.41, 5.74) is 5.23. The molecule has 0 heterocycles. The van der Waals surface area contributed by atoms with Crippen molar-refractivity contribution >= 4 is 21.6 Å². The van der Waals surface area contributed by atoms with Gasteiger partial charge in [-0.15, -0.1) is 0 Å². The smallest absolute Gasteiger partial charge is 0.0744 e. The van der Waals surface area contributed by atoms with Crippen LogP contribution in [0.5, 0.6) is 0 Å². The molecule has 3 heteroatoms. The number of hydrogen-bond acceptors (Lipinski definition) is 2. The van der Waals surface area contributed by atoms with E-state index in [1.165, 1.54) is 16.7 Å². The topological polar surface area (TPSA) is 21.3 Å². The first-order chi connectivity index (χ1) is 9.79. The molecule has 0 radical (unpaired) electrons. The molecule has 0 aromatic heterocycles. The van der Waals surface area contributed by atoms with E-state index < -0.39 is 0 Å². The van der Waals surface area contributed by atoms with Crippen molar-refractivity contribution in [3.8, 4) is 0 Å². The number of aryl methyl sites for hydroxylation is 1. The van der Waals surface area contributed by atoms with Crippen LogP contribution in [-0.2, 0) is 17.8 Å². The third-order valence-corrected chi connectivity index (χ3v) is 4.61. The predicted octanol–water partition coefficient (Wildman–Crippen LogP) is 4.69. The molecule has 2 aromatic rings. The SMILES string of the molecule is COCc1c(Br)cccc1NC1CCc2ccccc21. The first-order valence-electron chi connectivity index (χ1n) is 6.90. The molecular formula is C17H18BrNO. The Hall–Kier alpha value is -1.32. The van der Waals surface area contributed by atoms with Crippen LogP contribution in [0.25, 0.3) is 0 Å². The second-order valence-electron chi connectivity index (χ2n) is 5.13. The Bertz CT molecular complexity index is 612. The van der Waals surface area contributed by atoms with E-state index in [1.54, 1.807) is 7.11 Å². The summed E-state index contributed by atoms with van der Waals surface area (Å²) < 4.78 is 6.41. The summed E-state index contributed by atoms with van der Waals surface area (Å²) in [6.07, 6.45) is 2.31. The largest absolute Gasteiger partial charge is 0.380 e. The number of benzene rings is 2. The molecule has 0 saturated carbocycles. The second-order valence-corrected chi connectivity index (χ2v) is 5.99. The highest BCUT2D eigenvalue weighted by atomic mass is 79.9. The van der Waals surface area contributed by atoms with E-state index in [4.69, 9.17) is 4.74 Å². The van der Waals surface area contributed by atoms with E-state index in [1.807, 2.05) is 0 Å². The first kappa shape index (κ1) is 13.7. The van der Waals surface area contributed by atoms with Gasteiger partial charge in [0.2, 0.25) is 0 Å². The Morgan fingerprint density at radius 2 is 2.05 bits per heavy atom. The minimum atomic E-state index is 0.399. The maximum atomic E-state index is 5.31. The molecule has 2 aromatic carbocycles. The molecule has 0 aliphatic heterocycles. The van der Waals surface area contributed by atoms with Gasteiger partial charge in [-0.1, -0.05) is 46.3 Å². The number of nitrogens with one attached hydrogen (secondary N) is 1. The third kappa shape index (κ3) is 2.60. The summed E-state index contributed by atoms with van der Waals surface area (Å²) in [4.78, 5) is 0. The fraction of sp³-hybridized carbons (Fsp3) is 0.294. The maximum absolute atomic E-state index is 5.31. The average Bonchev–Trinajstić information content (AvgIpc) is 2.86. The van der Waals surface area contributed by atoms with Crippen LogP contribution >= 0.6 is 15.9 Å². The highest BCUT2D eigenvalue weighted by Crippen LogP contribution is 2.35. The first-order valence-corrected chi connectivity index (χ1v) is 7.69. The number of halogens is 1. The Balaban J connectivity index is 1.88. The minimum Gasteiger partial charge on any atom is -0.380 e. The van der Waals surface area contributed by atoms with Gasteiger partial charge in [0, 0.05) is 22.8 Å². The van der Waals surface area contributed by atoms with E-state index in [0.29, 0.717) is 12.6 Å². The van der Waals surface area contributed by atoms with Crippen LogP contribution in [0.1, 0.15) is 29.2 Å². The summed E-state index contributed by atoms with van der Waals surface area (Å²) in [5, 5.41) is 3.68. The van der Waals surface area contributed by atoms with Gasteiger partial charge < -0.3 is 10.1 Å². The van der Waals surface area contributed by atoms with Crippen LogP contribution in [0.2, 0.25) is 0 Å². The van der Waals surface area contributed by atoms with Crippen molar-refractivity contribution in [2.24, 2.45) is 0 Å². The third-order valence-electron chi connectivity index (χ3n) is 3.87. The Morgan fingerprint density at radius 1 is 1.20 bits per heavy atom. The second kappa shape index (κ2) is 5.98. The molecule has 0 spiro atoms. The van der Waals surface area contributed by atoms with Crippen LogP contribution in [0.4, 0.5) is 5.69 Å². The molecule has 20 heavy (non-hydrogen) atoms. The van der Waals surface area contributed by atoms with E-state index in [-0.39, 0.29) is 0 Å². The Labute approximate surface area is 128 Å². The fourth-order valence-corrected chi connectivity index (χ4v) is 3.36. The number of rotatable bonds is 4. The van der Waals surface area contributed by atoms with Crippen molar-refractivity contribution < 1.29 is 4.74 Å². The molecule has 0 fully saturated rings. The molecule has 3 rings (SSSR count). The van der Waals surface area contributed by atoms with Gasteiger partial charge in [0.25, 0.3) is 0 Å². The molecule has 1 atom stereocenters. The van der Waals surface area contributed by atoms with Crippen molar-refractivity contribution in [3.63, 3.8) is 0 Å². The van der Waals surface area contributed by atoms with Gasteiger partial charge in [0.1, 0.15) is 0 Å². The van der Waals surface area contributed by atoms with Crippen LogP contribution in [-0.4, -0.2) is 7.11 Å². The molecule has 1 N–H and O–H groups in total. The standard InChI is InChI=1S/C17H18BrNO/c1-20-11-14-15(18)7-4-8-16(14)19-17-10-9-12-5-2-3-6-13(12)17/h2-8,17,19H,9-11H2,1H3. The lowest BCUT2D eigenvalue weighted by Crippen LogP contribution is -2.09. The molecule has 1 unspecified atom stereocenters. The van der Waals surface area contributed by atoms with Crippen LogP contribution in [0.15, 0.2) is 46.9 Å². The summed E-state index contributed by atoms with van der Waals surface area (Å²) in [5.74, 6) is 0. The molecule has 0 amide bonds. The van der Waals surface area contributed by atoms with Gasteiger partial charge in [0.05, 0.1) is 12.6 Å². The van der Waals surface area contributed by atoms with Gasteiger partial charge in [-0.25, -0.2) is 0 Å². The molecular weight excluding hydrogens is 314 g/mol. The molecule has 104 valence electrons. The molecule has 1 aliphatic carbocycles. The molecule has 0 saturated heterocycles. The zero-order valence-corrected chi connectivity index (χ0v) is 13.1. The van der Waals surface area contributed by atoms with E-state index in [2.05, 4.69) is 63.7 Å². The van der Waals surface area contributed by atoms with Gasteiger partial charge in [-0.3, -0.25) is 0 Å². The lowest BCUT2D eigenvalue weighted by molar-refractivity contribution is 0.185. The van der Waals surface area contributed by atoms with Crippen molar-refractivity contribution in [3.05, 3.63) is 63.6 Å². The quantitative estimate of drug-likeness (QED) is 0.877. The predicted molar refractivity (Wildman–Crippen MR) is 86.0 cm³/mol. The van der Waals surface area contributed by atoms with E-state index in [9.17, 15) is 0 Å². The molecule has 2 nitrogen and oxygen atoms in total. The Morgan fingerprint density at radius 3 is 2.90 bits per heavy atom. The molecule has 1 aliphatic rings. The van der Waals surface area contributed by atoms with Gasteiger partial charge in [0.15, 0.2) is 0 Å². The van der Waals surface area contributed by atoms with Gasteiger partial charge in [-0.2, -0.15) is 0 Å². The lowest BCUT2D eigenvalue weighted by Gasteiger charge is -2.19. The van der Waals surface area contributed by atoms with E-state index >= 15 is 0 Å². The maximum Gasteiger partial charge on any atom is 0.0744 e. The summed E-state index contributed by atoms with van der Waals surface area (Å²) in [6, 6.07) is 15.3. The number of methoxy groups -OCH3 is 1. The normalized spacial score (nSPS) is 17.0. The monoisotopic (exact) mass is 331 g/mol. The van der Waals surface area contributed by atoms with Gasteiger partial charge >= 0.3 is 0 Å². The molecule has 0 bridgehead atoms.